The predicted molar refractivity (Wildman–Crippen MR) is 81.1 cm³/mol. The number of carboxylic acids is 1. The SMILES string of the molecule is CN1CCCC1CNC(=O)Nc1cccc(Cl)c1C(=O)O. The van der Waals surface area contributed by atoms with E-state index in [0.29, 0.717) is 12.6 Å². The molecule has 1 fully saturated rings. The molecule has 0 saturated carbocycles. The number of hydrogen-bond acceptors (Lipinski definition) is 3. The first kappa shape index (κ1) is 15.6. The van der Waals surface area contributed by atoms with Crippen LogP contribution in [-0.2, 0) is 0 Å². The van der Waals surface area contributed by atoms with E-state index in [0.717, 1.165) is 19.4 Å². The summed E-state index contributed by atoms with van der Waals surface area (Å²) >= 11 is 5.85. The van der Waals surface area contributed by atoms with Gasteiger partial charge in [0.2, 0.25) is 0 Å². The summed E-state index contributed by atoms with van der Waals surface area (Å²) < 4.78 is 0. The maximum absolute atomic E-state index is 11.9. The summed E-state index contributed by atoms with van der Waals surface area (Å²) in [7, 11) is 2.02. The number of benzene rings is 1. The van der Waals surface area contributed by atoms with Crippen LogP contribution in [0.25, 0.3) is 0 Å². The van der Waals surface area contributed by atoms with Crippen LogP contribution in [0, 0.1) is 0 Å². The second kappa shape index (κ2) is 6.78. The number of urea groups is 1. The Bertz CT molecular complexity index is 550. The lowest BCUT2D eigenvalue weighted by Crippen LogP contribution is -2.40. The third kappa shape index (κ3) is 3.86. The van der Waals surface area contributed by atoms with Crippen LogP contribution in [0.4, 0.5) is 10.5 Å². The number of aromatic carboxylic acids is 1. The molecule has 114 valence electrons. The summed E-state index contributed by atoms with van der Waals surface area (Å²) in [4.78, 5) is 25.3. The van der Waals surface area contributed by atoms with Crippen LogP contribution >= 0.6 is 11.6 Å². The Kier molecular flexibility index (Phi) is 5.03. The molecular formula is C14H18ClN3O3. The molecule has 0 aromatic heterocycles. The lowest BCUT2D eigenvalue weighted by molar-refractivity contribution is 0.0698. The number of likely N-dealkylation sites (tertiary alicyclic amines) is 1. The minimum atomic E-state index is -1.17. The zero-order valence-electron chi connectivity index (χ0n) is 11.7. The van der Waals surface area contributed by atoms with Crippen LogP contribution in [0.3, 0.4) is 0 Å². The van der Waals surface area contributed by atoms with Gasteiger partial charge in [0.25, 0.3) is 0 Å². The largest absolute Gasteiger partial charge is 0.478 e. The van der Waals surface area contributed by atoms with Gasteiger partial charge in [0.1, 0.15) is 5.56 Å². The molecule has 0 bridgehead atoms. The molecule has 1 aliphatic rings. The van der Waals surface area contributed by atoms with Crippen LogP contribution in [0.5, 0.6) is 0 Å². The average Bonchev–Trinajstić information content (AvgIpc) is 2.81. The molecule has 1 aliphatic heterocycles. The number of carboxylic acid groups (broad SMARTS) is 1. The molecule has 2 amide bonds. The maximum Gasteiger partial charge on any atom is 0.339 e. The van der Waals surface area contributed by atoms with E-state index >= 15 is 0 Å². The number of likely N-dealkylation sites (N-methyl/N-ethyl adjacent to an activating group) is 1. The molecule has 2 rings (SSSR count). The standard InChI is InChI=1S/C14H18ClN3O3/c1-18-7-3-4-9(18)8-16-14(21)17-11-6-2-5-10(15)12(11)13(19)20/h2,5-6,9H,3-4,7-8H2,1H3,(H,19,20)(H2,16,17,21). The highest BCUT2D eigenvalue weighted by atomic mass is 35.5. The minimum absolute atomic E-state index is 0.0934. The number of hydrogen-bond donors (Lipinski definition) is 3. The van der Waals surface area contributed by atoms with Gasteiger partial charge in [-0.15, -0.1) is 0 Å². The van der Waals surface area contributed by atoms with Crippen molar-refractivity contribution in [1.82, 2.24) is 10.2 Å². The molecule has 1 saturated heterocycles. The van der Waals surface area contributed by atoms with Crippen LogP contribution < -0.4 is 10.6 Å². The summed E-state index contributed by atoms with van der Waals surface area (Å²) in [6, 6.07) is 4.47. The van der Waals surface area contributed by atoms with Crippen LogP contribution in [0.1, 0.15) is 23.2 Å². The Morgan fingerprint density at radius 2 is 2.24 bits per heavy atom. The van der Waals surface area contributed by atoms with Crippen molar-refractivity contribution in [2.45, 2.75) is 18.9 Å². The van der Waals surface area contributed by atoms with Gasteiger partial charge in [0, 0.05) is 12.6 Å². The zero-order chi connectivity index (χ0) is 15.4. The number of rotatable bonds is 4. The number of carbonyl (C=O) groups excluding carboxylic acids is 1. The fraction of sp³-hybridized carbons (Fsp3) is 0.429. The Morgan fingerprint density at radius 1 is 1.48 bits per heavy atom. The molecule has 21 heavy (non-hydrogen) atoms. The van der Waals surface area contributed by atoms with Gasteiger partial charge in [-0.05, 0) is 38.6 Å². The van der Waals surface area contributed by atoms with Crippen LogP contribution in [0.15, 0.2) is 18.2 Å². The van der Waals surface area contributed by atoms with Crippen LogP contribution in [-0.4, -0.2) is 48.2 Å². The van der Waals surface area contributed by atoms with E-state index in [1.54, 1.807) is 6.07 Å². The summed E-state index contributed by atoms with van der Waals surface area (Å²) in [5.41, 5.74) is 0.0829. The van der Waals surface area contributed by atoms with Crippen molar-refractivity contribution in [3.05, 3.63) is 28.8 Å². The summed E-state index contributed by atoms with van der Waals surface area (Å²) in [6.45, 7) is 1.57. The van der Waals surface area contributed by atoms with Crippen molar-refractivity contribution < 1.29 is 14.7 Å². The Morgan fingerprint density at radius 3 is 2.86 bits per heavy atom. The first-order valence-electron chi connectivity index (χ1n) is 6.76. The van der Waals surface area contributed by atoms with Crippen LogP contribution in [0.2, 0.25) is 5.02 Å². The first-order chi connectivity index (χ1) is 9.99. The highest BCUT2D eigenvalue weighted by Gasteiger charge is 2.21. The lowest BCUT2D eigenvalue weighted by Gasteiger charge is -2.20. The van der Waals surface area contributed by atoms with E-state index in [1.807, 2.05) is 7.05 Å². The van der Waals surface area contributed by atoms with Gasteiger partial charge in [0.15, 0.2) is 0 Å². The normalized spacial score (nSPS) is 18.5. The lowest BCUT2D eigenvalue weighted by atomic mass is 10.2. The number of anilines is 1. The minimum Gasteiger partial charge on any atom is -0.478 e. The molecule has 3 N–H and O–H groups in total. The highest BCUT2D eigenvalue weighted by molar-refractivity contribution is 6.34. The predicted octanol–water partition coefficient (Wildman–Crippen LogP) is 2.25. The van der Waals surface area contributed by atoms with E-state index in [9.17, 15) is 9.59 Å². The number of halogens is 1. The molecule has 1 unspecified atom stereocenters. The maximum atomic E-state index is 11.9. The highest BCUT2D eigenvalue weighted by Crippen LogP contribution is 2.24. The van der Waals surface area contributed by atoms with Crippen molar-refractivity contribution in [1.29, 1.82) is 0 Å². The van der Waals surface area contributed by atoms with Crippen molar-refractivity contribution in [3.8, 4) is 0 Å². The Hall–Kier alpha value is -1.79. The molecule has 6 nitrogen and oxygen atoms in total. The van der Waals surface area contributed by atoms with E-state index in [4.69, 9.17) is 16.7 Å². The summed E-state index contributed by atoms with van der Waals surface area (Å²) in [5, 5.41) is 14.5. The average molecular weight is 312 g/mol. The van der Waals surface area contributed by atoms with Gasteiger partial charge < -0.3 is 20.6 Å². The van der Waals surface area contributed by atoms with E-state index in [-0.39, 0.29) is 16.3 Å². The molecule has 1 atom stereocenters. The third-order valence-corrected chi connectivity index (χ3v) is 3.96. The molecule has 1 aromatic carbocycles. The second-order valence-corrected chi connectivity index (χ2v) is 5.49. The van der Waals surface area contributed by atoms with Crippen molar-refractivity contribution in [2.24, 2.45) is 0 Å². The molecule has 0 aliphatic carbocycles. The molecule has 7 heteroatoms. The Labute approximate surface area is 128 Å². The van der Waals surface area contributed by atoms with Gasteiger partial charge in [-0.3, -0.25) is 0 Å². The Balaban J connectivity index is 1.97. The molecular weight excluding hydrogens is 294 g/mol. The molecule has 1 heterocycles. The van der Waals surface area contributed by atoms with Crippen molar-refractivity contribution in [3.63, 3.8) is 0 Å². The fourth-order valence-electron chi connectivity index (χ4n) is 2.46. The molecule has 0 spiro atoms. The van der Waals surface area contributed by atoms with E-state index < -0.39 is 12.0 Å². The monoisotopic (exact) mass is 311 g/mol. The fourth-order valence-corrected chi connectivity index (χ4v) is 2.72. The molecule has 1 aromatic rings. The summed E-state index contributed by atoms with van der Waals surface area (Å²) in [5.74, 6) is -1.17. The van der Waals surface area contributed by atoms with Gasteiger partial charge in [-0.1, -0.05) is 17.7 Å². The van der Waals surface area contributed by atoms with E-state index in [2.05, 4.69) is 15.5 Å². The quantitative estimate of drug-likeness (QED) is 0.796. The number of nitrogens with zero attached hydrogens (tertiary/aromatic N) is 1. The van der Waals surface area contributed by atoms with Gasteiger partial charge in [-0.25, -0.2) is 9.59 Å². The topological polar surface area (TPSA) is 81.7 Å². The number of carbonyl (C=O) groups is 2. The van der Waals surface area contributed by atoms with Gasteiger partial charge in [-0.2, -0.15) is 0 Å². The smallest absolute Gasteiger partial charge is 0.339 e. The first-order valence-corrected chi connectivity index (χ1v) is 7.13. The van der Waals surface area contributed by atoms with Crippen molar-refractivity contribution >= 4 is 29.3 Å². The third-order valence-electron chi connectivity index (χ3n) is 3.65. The van der Waals surface area contributed by atoms with E-state index in [1.165, 1.54) is 12.1 Å². The molecule has 0 radical (unpaired) electrons. The summed E-state index contributed by atoms with van der Waals surface area (Å²) in [6.07, 6.45) is 2.18. The number of amides is 2. The zero-order valence-corrected chi connectivity index (χ0v) is 12.5. The van der Waals surface area contributed by atoms with Crippen molar-refractivity contribution in [2.75, 3.05) is 25.5 Å². The van der Waals surface area contributed by atoms with Gasteiger partial charge in [0.05, 0.1) is 10.7 Å². The van der Waals surface area contributed by atoms with Gasteiger partial charge >= 0.3 is 12.0 Å². The number of nitrogens with one attached hydrogen (secondary N) is 2. The second-order valence-electron chi connectivity index (χ2n) is 5.08.